The van der Waals surface area contributed by atoms with Gasteiger partial charge < -0.3 is 15.5 Å². The molecule has 20 heavy (non-hydrogen) atoms. The SMILES string of the molecule is CC(C)NCc1ccc(N2CCCNC(=O)C2)c(Br)c1. The fourth-order valence-electron chi connectivity index (χ4n) is 2.25. The average molecular weight is 340 g/mol. The Labute approximate surface area is 129 Å². The van der Waals surface area contributed by atoms with Gasteiger partial charge in [0.05, 0.1) is 12.2 Å². The van der Waals surface area contributed by atoms with Crippen molar-refractivity contribution in [1.82, 2.24) is 10.6 Å². The van der Waals surface area contributed by atoms with Crippen molar-refractivity contribution < 1.29 is 4.79 Å². The number of hydrogen-bond donors (Lipinski definition) is 2. The lowest BCUT2D eigenvalue weighted by Gasteiger charge is -2.23. The van der Waals surface area contributed by atoms with E-state index >= 15 is 0 Å². The lowest BCUT2D eigenvalue weighted by molar-refractivity contribution is -0.119. The first-order valence-electron chi connectivity index (χ1n) is 7.09. The molecule has 1 amide bonds. The number of rotatable bonds is 4. The second-order valence-electron chi connectivity index (χ2n) is 5.45. The van der Waals surface area contributed by atoms with E-state index in [2.05, 4.69) is 63.5 Å². The van der Waals surface area contributed by atoms with Crippen LogP contribution in [0.3, 0.4) is 0 Å². The number of carbonyl (C=O) groups excluding carboxylic acids is 1. The van der Waals surface area contributed by atoms with E-state index in [1.54, 1.807) is 0 Å². The van der Waals surface area contributed by atoms with Gasteiger partial charge in [-0.25, -0.2) is 0 Å². The summed E-state index contributed by atoms with van der Waals surface area (Å²) in [5.41, 5.74) is 2.34. The highest BCUT2D eigenvalue weighted by molar-refractivity contribution is 9.10. The van der Waals surface area contributed by atoms with Gasteiger partial charge in [-0.2, -0.15) is 0 Å². The van der Waals surface area contributed by atoms with Crippen molar-refractivity contribution >= 4 is 27.5 Å². The van der Waals surface area contributed by atoms with E-state index in [1.165, 1.54) is 5.56 Å². The molecule has 1 aliphatic heterocycles. The monoisotopic (exact) mass is 339 g/mol. The zero-order chi connectivity index (χ0) is 14.5. The third-order valence-corrected chi connectivity index (χ3v) is 3.96. The highest BCUT2D eigenvalue weighted by Crippen LogP contribution is 2.28. The molecule has 4 nitrogen and oxygen atoms in total. The second-order valence-corrected chi connectivity index (χ2v) is 6.30. The van der Waals surface area contributed by atoms with Crippen LogP contribution in [0.5, 0.6) is 0 Å². The maximum absolute atomic E-state index is 11.6. The Kier molecular flexibility index (Phi) is 5.43. The molecule has 110 valence electrons. The molecule has 0 atom stereocenters. The minimum absolute atomic E-state index is 0.0972. The average Bonchev–Trinajstić information content (AvgIpc) is 2.61. The molecule has 0 aromatic heterocycles. The first-order chi connectivity index (χ1) is 9.56. The minimum Gasteiger partial charge on any atom is -0.361 e. The minimum atomic E-state index is 0.0972. The molecule has 5 heteroatoms. The van der Waals surface area contributed by atoms with Crippen LogP contribution in [0.25, 0.3) is 0 Å². The van der Waals surface area contributed by atoms with Crippen LogP contribution in [0, 0.1) is 0 Å². The Bertz CT molecular complexity index is 476. The van der Waals surface area contributed by atoms with Crippen molar-refractivity contribution in [2.24, 2.45) is 0 Å². The Morgan fingerprint density at radius 1 is 1.45 bits per heavy atom. The number of halogens is 1. The molecule has 0 saturated carbocycles. The topological polar surface area (TPSA) is 44.4 Å². The fourth-order valence-corrected chi connectivity index (χ4v) is 2.93. The van der Waals surface area contributed by atoms with Gasteiger partial charge in [-0.15, -0.1) is 0 Å². The van der Waals surface area contributed by atoms with E-state index in [9.17, 15) is 4.79 Å². The number of hydrogen-bond acceptors (Lipinski definition) is 3. The summed E-state index contributed by atoms with van der Waals surface area (Å²) in [7, 11) is 0. The molecule has 1 fully saturated rings. The van der Waals surface area contributed by atoms with Crippen LogP contribution in [0.4, 0.5) is 5.69 Å². The lowest BCUT2D eigenvalue weighted by atomic mass is 10.2. The fraction of sp³-hybridized carbons (Fsp3) is 0.533. The predicted molar refractivity (Wildman–Crippen MR) is 86.0 cm³/mol. The lowest BCUT2D eigenvalue weighted by Crippen LogP contribution is -2.33. The van der Waals surface area contributed by atoms with Crippen LogP contribution in [0.2, 0.25) is 0 Å². The molecule has 1 aromatic carbocycles. The normalized spacial score (nSPS) is 16.2. The smallest absolute Gasteiger partial charge is 0.239 e. The van der Waals surface area contributed by atoms with Crippen molar-refractivity contribution in [1.29, 1.82) is 0 Å². The summed E-state index contributed by atoms with van der Waals surface area (Å²) in [6.45, 7) is 7.24. The third-order valence-electron chi connectivity index (χ3n) is 3.33. The standard InChI is InChI=1S/C15H22BrN3O/c1-11(2)18-9-12-4-5-14(13(16)8-12)19-7-3-6-17-15(20)10-19/h4-5,8,11,18H,3,6-7,9-10H2,1-2H3,(H,17,20). The number of amides is 1. The molecule has 0 radical (unpaired) electrons. The van der Waals surface area contributed by atoms with Crippen molar-refractivity contribution in [3.8, 4) is 0 Å². The third kappa shape index (κ3) is 4.21. The number of anilines is 1. The molecule has 2 rings (SSSR count). The van der Waals surface area contributed by atoms with Gasteiger partial charge in [0.1, 0.15) is 0 Å². The van der Waals surface area contributed by atoms with E-state index in [1.807, 2.05) is 0 Å². The Morgan fingerprint density at radius 2 is 2.25 bits per heavy atom. The van der Waals surface area contributed by atoms with E-state index in [4.69, 9.17) is 0 Å². The molecular weight excluding hydrogens is 318 g/mol. The largest absolute Gasteiger partial charge is 0.361 e. The molecule has 0 aliphatic carbocycles. The molecule has 1 heterocycles. The summed E-state index contributed by atoms with van der Waals surface area (Å²) in [5.74, 6) is 0.0972. The summed E-state index contributed by atoms with van der Waals surface area (Å²) >= 11 is 3.63. The van der Waals surface area contributed by atoms with Gasteiger partial charge >= 0.3 is 0 Å². The van der Waals surface area contributed by atoms with Gasteiger partial charge in [0.15, 0.2) is 0 Å². The molecular formula is C15H22BrN3O. The van der Waals surface area contributed by atoms with Crippen molar-refractivity contribution in [3.05, 3.63) is 28.2 Å². The Hall–Kier alpha value is -1.07. The summed E-state index contributed by atoms with van der Waals surface area (Å²) in [6.07, 6.45) is 0.981. The van der Waals surface area contributed by atoms with Crippen LogP contribution in [0.1, 0.15) is 25.8 Å². The van der Waals surface area contributed by atoms with Gasteiger partial charge in [-0.3, -0.25) is 4.79 Å². The van der Waals surface area contributed by atoms with Crippen molar-refractivity contribution in [3.63, 3.8) is 0 Å². The summed E-state index contributed by atoms with van der Waals surface area (Å²) in [6, 6.07) is 6.83. The molecule has 0 spiro atoms. The van der Waals surface area contributed by atoms with Crippen LogP contribution in [0.15, 0.2) is 22.7 Å². The number of benzene rings is 1. The van der Waals surface area contributed by atoms with E-state index in [0.29, 0.717) is 12.6 Å². The zero-order valence-electron chi connectivity index (χ0n) is 12.1. The first-order valence-corrected chi connectivity index (χ1v) is 7.89. The van der Waals surface area contributed by atoms with Crippen LogP contribution in [-0.2, 0) is 11.3 Å². The Morgan fingerprint density at radius 3 is 2.95 bits per heavy atom. The Balaban J connectivity index is 2.10. The van der Waals surface area contributed by atoms with Crippen molar-refractivity contribution in [2.45, 2.75) is 32.9 Å². The van der Waals surface area contributed by atoms with Crippen LogP contribution >= 0.6 is 15.9 Å². The van der Waals surface area contributed by atoms with Crippen LogP contribution in [-0.4, -0.2) is 31.6 Å². The van der Waals surface area contributed by atoms with Crippen LogP contribution < -0.4 is 15.5 Å². The van der Waals surface area contributed by atoms with E-state index in [0.717, 1.165) is 36.2 Å². The highest BCUT2D eigenvalue weighted by Gasteiger charge is 2.17. The summed E-state index contributed by atoms with van der Waals surface area (Å²) in [4.78, 5) is 13.8. The molecule has 2 N–H and O–H groups in total. The molecule has 1 aromatic rings. The van der Waals surface area contributed by atoms with Crippen molar-refractivity contribution in [2.75, 3.05) is 24.5 Å². The molecule has 0 bridgehead atoms. The van der Waals surface area contributed by atoms with Gasteiger partial charge in [0.25, 0.3) is 0 Å². The maximum Gasteiger partial charge on any atom is 0.239 e. The quantitative estimate of drug-likeness (QED) is 0.884. The molecule has 1 aliphatic rings. The van der Waals surface area contributed by atoms with Gasteiger partial charge in [-0.05, 0) is 40.0 Å². The van der Waals surface area contributed by atoms with E-state index < -0.39 is 0 Å². The number of carbonyl (C=O) groups is 1. The summed E-state index contributed by atoms with van der Waals surface area (Å²) in [5, 5.41) is 6.31. The van der Waals surface area contributed by atoms with E-state index in [-0.39, 0.29) is 5.91 Å². The zero-order valence-corrected chi connectivity index (χ0v) is 13.7. The van der Waals surface area contributed by atoms with Gasteiger partial charge in [0, 0.05) is 30.1 Å². The predicted octanol–water partition coefficient (Wildman–Crippen LogP) is 2.27. The second kappa shape index (κ2) is 7.09. The number of nitrogens with one attached hydrogen (secondary N) is 2. The maximum atomic E-state index is 11.6. The summed E-state index contributed by atoms with van der Waals surface area (Å²) < 4.78 is 1.05. The molecule has 1 saturated heterocycles. The van der Waals surface area contributed by atoms with Gasteiger partial charge in [0.2, 0.25) is 5.91 Å². The van der Waals surface area contributed by atoms with Gasteiger partial charge in [-0.1, -0.05) is 19.9 Å². The first kappa shape index (κ1) is 15.3. The number of nitrogens with zero attached hydrogens (tertiary/aromatic N) is 1. The molecule has 0 unspecified atom stereocenters. The highest BCUT2D eigenvalue weighted by atomic mass is 79.9.